The molecular formula is C17H26N2O2. The van der Waals surface area contributed by atoms with Gasteiger partial charge in [-0.1, -0.05) is 24.3 Å². The number of benzene rings is 1. The van der Waals surface area contributed by atoms with Gasteiger partial charge in [-0.2, -0.15) is 0 Å². The first-order valence-corrected chi connectivity index (χ1v) is 7.80. The topological polar surface area (TPSA) is 66.6 Å². The molecule has 1 aliphatic rings. The molecule has 1 heterocycles. The minimum absolute atomic E-state index is 0.538. The first-order chi connectivity index (χ1) is 9.99. The van der Waals surface area contributed by atoms with E-state index in [9.17, 15) is 4.79 Å². The van der Waals surface area contributed by atoms with Crippen molar-refractivity contribution in [1.29, 1.82) is 0 Å². The van der Waals surface area contributed by atoms with Gasteiger partial charge in [0.05, 0.1) is 0 Å². The van der Waals surface area contributed by atoms with Crippen molar-refractivity contribution in [2.75, 3.05) is 19.6 Å². The summed E-state index contributed by atoms with van der Waals surface area (Å²) in [6.45, 7) is 4.81. The monoisotopic (exact) mass is 290 g/mol. The second kappa shape index (κ2) is 7.05. The van der Waals surface area contributed by atoms with Crippen LogP contribution < -0.4 is 5.73 Å². The minimum Gasteiger partial charge on any atom is -0.480 e. The summed E-state index contributed by atoms with van der Waals surface area (Å²) in [4.78, 5) is 13.4. The Morgan fingerprint density at radius 2 is 1.81 bits per heavy atom. The van der Waals surface area contributed by atoms with Gasteiger partial charge in [-0.3, -0.25) is 4.79 Å². The molecule has 0 saturated carbocycles. The van der Waals surface area contributed by atoms with Gasteiger partial charge in [0.1, 0.15) is 5.54 Å². The molecule has 2 rings (SSSR count). The number of hydrogen-bond acceptors (Lipinski definition) is 3. The highest BCUT2D eigenvalue weighted by molar-refractivity contribution is 5.77. The Bertz CT molecular complexity index is 458. The van der Waals surface area contributed by atoms with Crippen LogP contribution in [0.4, 0.5) is 0 Å². The number of unbranched alkanes of at least 4 members (excludes halogenated alkanes) is 1. The first-order valence-electron chi connectivity index (χ1n) is 7.80. The number of carbonyl (C=O) groups is 1. The van der Waals surface area contributed by atoms with Crippen LogP contribution in [-0.4, -0.2) is 41.1 Å². The quantitative estimate of drug-likeness (QED) is 0.787. The lowest BCUT2D eigenvalue weighted by Crippen LogP contribution is -2.44. The van der Waals surface area contributed by atoms with Crippen molar-refractivity contribution < 1.29 is 9.90 Å². The highest BCUT2D eigenvalue weighted by atomic mass is 16.4. The van der Waals surface area contributed by atoms with Gasteiger partial charge < -0.3 is 15.7 Å². The van der Waals surface area contributed by atoms with Crippen LogP contribution in [0.3, 0.4) is 0 Å². The number of nitrogens with zero attached hydrogens (tertiary/aromatic N) is 1. The van der Waals surface area contributed by atoms with Gasteiger partial charge in [-0.25, -0.2) is 0 Å². The van der Waals surface area contributed by atoms with E-state index < -0.39 is 11.5 Å². The molecule has 0 saturated heterocycles. The average Bonchev–Trinajstić information content (AvgIpc) is 2.66. The third kappa shape index (κ3) is 4.55. The number of hydrogen-bond donors (Lipinski definition) is 2. The van der Waals surface area contributed by atoms with Crippen LogP contribution in [0.5, 0.6) is 0 Å². The Morgan fingerprint density at radius 3 is 2.33 bits per heavy atom. The normalized spacial score (nSPS) is 18.6. The van der Waals surface area contributed by atoms with Gasteiger partial charge in [-0.05, 0) is 56.7 Å². The molecule has 4 heteroatoms. The van der Waals surface area contributed by atoms with Gasteiger partial charge >= 0.3 is 5.97 Å². The third-order valence-corrected chi connectivity index (χ3v) is 4.42. The SMILES string of the molecule is CC(N)(CCCCN1CCc2ccccc2CC1)C(=O)O. The molecule has 21 heavy (non-hydrogen) atoms. The fraction of sp³-hybridized carbons (Fsp3) is 0.588. The van der Waals surface area contributed by atoms with Crippen LogP contribution in [0.1, 0.15) is 37.3 Å². The molecule has 0 aliphatic carbocycles. The molecule has 0 radical (unpaired) electrons. The van der Waals surface area contributed by atoms with E-state index in [4.69, 9.17) is 10.8 Å². The van der Waals surface area contributed by atoms with Crippen LogP contribution in [0.2, 0.25) is 0 Å². The molecule has 3 N–H and O–H groups in total. The number of nitrogens with two attached hydrogens (primary N) is 1. The zero-order valence-electron chi connectivity index (χ0n) is 12.8. The standard InChI is InChI=1S/C17H26N2O2/c1-17(18,16(20)21)10-4-5-11-19-12-8-14-6-2-3-7-15(14)9-13-19/h2-3,6-7H,4-5,8-13,18H2,1H3,(H,20,21). The van der Waals surface area contributed by atoms with Gasteiger partial charge in [0, 0.05) is 13.1 Å². The maximum Gasteiger partial charge on any atom is 0.323 e. The molecule has 116 valence electrons. The Morgan fingerprint density at radius 1 is 1.24 bits per heavy atom. The Labute approximate surface area is 126 Å². The van der Waals surface area contributed by atoms with Gasteiger partial charge in [0.2, 0.25) is 0 Å². The van der Waals surface area contributed by atoms with Crippen molar-refractivity contribution in [3.63, 3.8) is 0 Å². The lowest BCUT2D eigenvalue weighted by Gasteiger charge is -2.22. The lowest BCUT2D eigenvalue weighted by molar-refractivity contribution is -0.142. The largest absolute Gasteiger partial charge is 0.480 e. The smallest absolute Gasteiger partial charge is 0.323 e. The highest BCUT2D eigenvalue weighted by Gasteiger charge is 2.26. The molecule has 1 unspecified atom stereocenters. The summed E-state index contributed by atoms with van der Waals surface area (Å²) in [6, 6.07) is 8.68. The molecule has 0 bridgehead atoms. The average molecular weight is 290 g/mol. The summed E-state index contributed by atoms with van der Waals surface area (Å²) in [7, 11) is 0. The molecule has 1 aromatic rings. The Kier molecular flexibility index (Phi) is 5.37. The Balaban J connectivity index is 1.73. The second-order valence-corrected chi connectivity index (χ2v) is 6.29. The van der Waals surface area contributed by atoms with Crippen LogP contribution >= 0.6 is 0 Å². The van der Waals surface area contributed by atoms with Crippen molar-refractivity contribution >= 4 is 5.97 Å². The van der Waals surface area contributed by atoms with Crippen molar-refractivity contribution in [2.24, 2.45) is 5.73 Å². The van der Waals surface area contributed by atoms with Crippen LogP contribution in [0.15, 0.2) is 24.3 Å². The van der Waals surface area contributed by atoms with E-state index in [1.807, 2.05) is 0 Å². The van der Waals surface area contributed by atoms with E-state index in [0.717, 1.165) is 45.3 Å². The number of rotatable bonds is 6. The van der Waals surface area contributed by atoms with Crippen molar-refractivity contribution in [3.8, 4) is 0 Å². The minimum atomic E-state index is -1.09. The summed E-state index contributed by atoms with van der Waals surface area (Å²) >= 11 is 0. The van der Waals surface area contributed by atoms with E-state index in [2.05, 4.69) is 29.2 Å². The molecule has 1 atom stereocenters. The number of fused-ring (bicyclic) bond motifs is 1. The third-order valence-electron chi connectivity index (χ3n) is 4.42. The summed E-state index contributed by atoms with van der Waals surface area (Å²) in [6.07, 6.45) is 4.63. The van der Waals surface area contributed by atoms with E-state index in [0.29, 0.717) is 6.42 Å². The second-order valence-electron chi connectivity index (χ2n) is 6.29. The maximum atomic E-state index is 11.0. The molecule has 0 fully saturated rings. The van der Waals surface area contributed by atoms with Crippen molar-refractivity contribution in [2.45, 2.75) is 44.6 Å². The van der Waals surface area contributed by atoms with Crippen LogP contribution in [0.25, 0.3) is 0 Å². The number of carboxylic acid groups (broad SMARTS) is 1. The summed E-state index contributed by atoms with van der Waals surface area (Å²) in [5, 5.41) is 8.99. The zero-order chi connectivity index (χ0) is 15.3. The van der Waals surface area contributed by atoms with E-state index in [1.54, 1.807) is 6.92 Å². The highest BCUT2D eigenvalue weighted by Crippen LogP contribution is 2.16. The summed E-state index contributed by atoms with van der Waals surface area (Å²) in [5.41, 5.74) is 7.61. The fourth-order valence-electron chi connectivity index (χ4n) is 2.87. The van der Waals surface area contributed by atoms with Gasteiger partial charge in [0.25, 0.3) is 0 Å². The van der Waals surface area contributed by atoms with Gasteiger partial charge in [0.15, 0.2) is 0 Å². The molecule has 1 aromatic carbocycles. The predicted molar refractivity (Wildman–Crippen MR) is 84.4 cm³/mol. The molecule has 1 aliphatic heterocycles. The molecular weight excluding hydrogens is 264 g/mol. The molecule has 0 spiro atoms. The van der Waals surface area contributed by atoms with Crippen LogP contribution in [0, 0.1) is 0 Å². The number of carboxylic acids is 1. The van der Waals surface area contributed by atoms with E-state index in [-0.39, 0.29) is 0 Å². The van der Waals surface area contributed by atoms with E-state index in [1.165, 1.54) is 11.1 Å². The van der Waals surface area contributed by atoms with Gasteiger partial charge in [-0.15, -0.1) is 0 Å². The Hall–Kier alpha value is -1.39. The lowest BCUT2D eigenvalue weighted by atomic mass is 9.96. The zero-order valence-corrected chi connectivity index (χ0v) is 12.8. The van der Waals surface area contributed by atoms with E-state index >= 15 is 0 Å². The van der Waals surface area contributed by atoms with Crippen molar-refractivity contribution in [1.82, 2.24) is 4.90 Å². The molecule has 4 nitrogen and oxygen atoms in total. The number of aliphatic carboxylic acids is 1. The fourth-order valence-corrected chi connectivity index (χ4v) is 2.87. The first kappa shape index (κ1) is 16.0. The van der Waals surface area contributed by atoms with Crippen molar-refractivity contribution in [3.05, 3.63) is 35.4 Å². The predicted octanol–water partition coefficient (Wildman–Crippen LogP) is 2.06. The molecule has 0 amide bonds. The van der Waals surface area contributed by atoms with Crippen LogP contribution in [-0.2, 0) is 17.6 Å². The summed E-state index contributed by atoms with van der Waals surface area (Å²) < 4.78 is 0. The molecule has 0 aromatic heterocycles. The summed E-state index contributed by atoms with van der Waals surface area (Å²) in [5.74, 6) is -0.910. The maximum absolute atomic E-state index is 11.0.